The van der Waals surface area contributed by atoms with Crippen LogP contribution in [0.5, 0.6) is 0 Å². The van der Waals surface area contributed by atoms with Crippen molar-refractivity contribution in [1.29, 1.82) is 5.26 Å². The average molecular weight is 369 g/mol. The largest absolute Gasteiger partial charge is 0.352 e. The van der Waals surface area contributed by atoms with Crippen LogP contribution in [0.1, 0.15) is 68.8 Å². The summed E-state index contributed by atoms with van der Waals surface area (Å²) >= 11 is 0. The topological polar surface area (TPSA) is 60.2 Å². The van der Waals surface area contributed by atoms with E-state index in [1.165, 1.54) is 16.8 Å². The van der Waals surface area contributed by atoms with Crippen LogP contribution in [0.2, 0.25) is 0 Å². The Morgan fingerprint density at radius 3 is 2.52 bits per heavy atom. The first-order chi connectivity index (χ1) is 13.0. The van der Waals surface area contributed by atoms with Gasteiger partial charge in [-0.05, 0) is 49.1 Å². The third kappa shape index (κ3) is 4.26. The van der Waals surface area contributed by atoms with Crippen molar-refractivity contribution in [2.75, 3.05) is 31.1 Å². The van der Waals surface area contributed by atoms with Gasteiger partial charge >= 0.3 is 0 Å². The summed E-state index contributed by atoms with van der Waals surface area (Å²) in [5.74, 6) is 1.67. The second kappa shape index (κ2) is 8.73. The van der Waals surface area contributed by atoms with Gasteiger partial charge in [-0.3, -0.25) is 4.79 Å². The summed E-state index contributed by atoms with van der Waals surface area (Å²) in [5, 5.41) is 9.84. The molecule has 146 valence electrons. The lowest BCUT2D eigenvalue weighted by atomic mass is 9.97. The summed E-state index contributed by atoms with van der Waals surface area (Å²) < 4.78 is 0. The zero-order valence-electron chi connectivity index (χ0n) is 17.1. The monoisotopic (exact) mass is 368 g/mol. The van der Waals surface area contributed by atoms with Gasteiger partial charge < -0.3 is 9.80 Å². The normalized spacial score (nSPS) is 16.6. The van der Waals surface area contributed by atoms with E-state index in [9.17, 15) is 10.1 Å². The summed E-state index contributed by atoms with van der Waals surface area (Å²) in [5.41, 5.74) is 4.53. The first-order valence-corrected chi connectivity index (χ1v) is 10.5. The second-order valence-corrected chi connectivity index (χ2v) is 8.25. The molecule has 1 aliphatic carbocycles. The predicted molar refractivity (Wildman–Crippen MR) is 108 cm³/mol. The number of carbonyl (C=O) groups excluding carboxylic acids is 1. The molecule has 1 amide bonds. The Bertz CT molecular complexity index is 727. The number of nitriles is 1. The molecule has 0 aromatic carbocycles. The highest BCUT2D eigenvalue weighted by Crippen LogP contribution is 2.34. The minimum atomic E-state index is 0.263. The molecule has 0 saturated carbocycles. The molecule has 5 nitrogen and oxygen atoms in total. The number of piperazine rings is 1. The number of unbranched alkanes of at least 4 members (excludes halogenated alkanes) is 1. The maximum absolute atomic E-state index is 12.3. The SMILES string of the molecule is CCCCC(=O)N1CCN(c2nc(CC(C)C)c3c(c2C#N)CCC3)CC1. The lowest BCUT2D eigenvalue weighted by Gasteiger charge is -2.36. The van der Waals surface area contributed by atoms with Gasteiger partial charge in [-0.1, -0.05) is 27.2 Å². The number of carbonyl (C=O) groups is 1. The Hall–Kier alpha value is -2.09. The van der Waals surface area contributed by atoms with Gasteiger partial charge in [0.2, 0.25) is 5.91 Å². The Morgan fingerprint density at radius 1 is 1.19 bits per heavy atom. The van der Waals surface area contributed by atoms with Crippen LogP contribution in [-0.4, -0.2) is 42.0 Å². The molecule has 0 unspecified atom stereocenters. The molecule has 0 radical (unpaired) electrons. The second-order valence-electron chi connectivity index (χ2n) is 8.25. The van der Waals surface area contributed by atoms with Crippen molar-refractivity contribution in [1.82, 2.24) is 9.88 Å². The van der Waals surface area contributed by atoms with Crippen LogP contribution in [0.4, 0.5) is 5.82 Å². The van der Waals surface area contributed by atoms with Crippen molar-refractivity contribution in [3.8, 4) is 6.07 Å². The van der Waals surface area contributed by atoms with Crippen LogP contribution in [0, 0.1) is 17.2 Å². The van der Waals surface area contributed by atoms with E-state index < -0.39 is 0 Å². The van der Waals surface area contributed by atoms with Gasteiger partial charge in [0, 0.05) is 38.3 Å². The number of amides is 1. The number of nitrogens with zero attached hydrogens (tertiary/aromatic N) is 4. The van der Waals surface area contributed by atoms with Gasteiger partial charge in [0.25, 0.3) is 0 Å². The number of hydrogen-bond acceptors (Lipinski definition) is 4. The van der Waals surface area contributed by atoms with E-state index in [0.717, 1.165) is 76.1 Å². The maximum Gasteiger partial charge on any atom is 0.222 e. The predicted octanol–water partition coefficient (Wildman–Crippen LogP) is 3.48. The van der Waals surface area contributed by atoms with Crippen molar-refractivity contribution >= 4 is 11.7 Å². The van der Waals surface area contributed by atoms with E-state index in [0.29, 0.717) is 12.3 Å². The zero-order chi connectivity index (χ0) is 19.4. The van der Waals surface area contributed by atoms with Gasteiger partial charge in [-0.2, -0.15) is 5.26 Å². The molecular formula is C22H32N4O. The van der Waals surface area contributed by atoms with Crippen molar-refractivity contribution in [3.05, 3.63) is 22.4 Å². The molecule has 1 aliphatic heterocycles. The summed E-state index contributed by atoms with van der Waals surface area (Å²) in [6, 6.07) is 2.45. The lowest BCUT2D eigenvalue weighted by Crippen LogP contribution is -2.49. The third-order valence-corrected chi connectivity index (χ3v) is 5.72. The molecule has 2 aliphatic rings. The van der Waals surface area contributed by atoms with Crippen molar-refractivity contribution in [2.45, 2.75) is 65.7 Å². The molecule has 1 fully saturated rings. The Kier molecular flexibility index (Phi) is 6.36. The molecule has 1 aromatic heterocycles. The molecule has 0 bridgehead atoms. The zero-order valence-corrected chi connectivity index (χ0v) is 17.1. The van der Waals surface area contributed by atoms with Crippen molar-refractivity contribution in [2.24, 2.45) is 5.92 Å². The molecule has 0 spiro atoms. The van der Waals surface area contributed by atoms with E-state index in [1.54, 1.807) is 0 Å². The number of aromatic nitrogens is 1. The highest BCUT2D eigenvalue weighted by molar-refractivity contribution is 5.76. The van der Waals surface area contributed by atoms with Crippen LogP contribution in [0.3, 0.4) is 0 Å². The van der Waals surface area contributed by atoms with E-state index in [-0.39, 0.29) is 5.91 Å². The lowest BCUT2D eigenvalue weighted by molar-refractivity contribution is -0.131. The first kappa shape index (κ1) is 19.7. The van der Waals surface area contributed by atoms with Crippen LogP contribution in [0.25, 0.3) is 0 Å². The minimum Gasteiger partial charge on any atom is -0.352 e. The molecular weight excluding hydrogens is 336 g/mol. The number of anilines is 1. The highest BCUT2D eigenvalue weighted by Gasteiger charge is 2.28. The Morgan fingerprint density at radius 2 is 1.89 bits per heavy atom. The molecule has 2 heterocycles. The van der Waals surface area contributed by atoms with Gasteiger partial charge in [-0.15, -0.1) is 0 Å². The average Bonchev–Trinajstić information content (AvgIpc) is 3.15. The molecule has 1 aromatic rings. The fourth-order valence-corrected chi connectivity index (χ4v) is 4.28. The third-order valence-electron chi connectivity index (χ3n) is 5.72. The summed E-state index contributed by atoms with van der Waals surface area (Å²) in [6.07, 6.45) is 6.80. The van der Waals surface area contributed by atoms with E-state index in [2.05, 4.69) is 31.7 Å². The van der Waals surface area contributed by atoms with Crippen LogP contribution in [0.15, 0.2) is 0 Å². The molecule has 3 rings (SSSR count). The number of fused-ring (bicyclic) bond motifs is 1. The van der Waals surface area contributed by atoms with Crippen LogP contribution < -0.4 is 4.90 Å². The molecule has 0 N–H and O–H groups in total. The fourth-order valence-electron chi connectivity index (χ4n) is 4.28. The highest BCUT2D eigenvalue weighted by atomic mass is 16.2. The van der Waals surface area contributed by atoms with Gasteiger partial charge in [0.05, 0.1) is 5.56 Å². The maximum atomic E-state index is 12.3. The summed E-state index contributed by atoms with van der Waals surface area (Å²) in [6.45, 7) is 9.54. The summed E-state index contributed by atoms with van der Waals surface area (Å²) in [4.78, 5) is 21.5. The molecule has 5 heteroatoms. The Labute approximate surface area is 163 Å². The minimum absolute atomic E-state index is 0.263. The van der Waals surface area contributed by atoms with Gasteiger partial charge in [0.1, 0.15) is 11.9 Å². The van der Waals surface area contributed by atoms with Gasteiger partial charge in [-0.25, -0.2) is 4.98 Å². The first-order valence-electron chi connectivity index (χ1n) is 10.5. The number of pyridine rings is 1. The molecule has 0 atom stereocenters. The molecule has 1 saturated heterocycles. The van der Waals surface area contributed by atoms with E-state index >= 15 is 0 Å². The van der Waals surface area contributed by atoms with Gasteiger partial charge in [0.15, 0.2) is 0 Å². The quantitative estimate of drug-likeness (QED) is 0.771. The molecule has 27 heavy (non-hydrogen) atoms. The Balaban J connectivity index is 1.81. The fraction of sp³-hybridized carbons (Fsp3) is 0.682. The number of hydrogen-bond donors (Lipinski definition) is 0. The summed E-state index contributed by atoms with van der Waals surface area (Å²) in [7, 11) is 0. The van der Waals surface area contributed by atoms with Crippen molar-refractivity contribution < 1.29 is 4.79 Å². The van der Waals surface area contributed by atoms with Crippen LogP contribution in [-0.2, 0) is 24.1 Å². The standard InChI is InChI=1S/C22H32N4O/c1-4-5-9-21(27)25-10-12-26(13-11-25)22-19(15-23)17-7-6-8-18(17)20(24-22)14-16(2)3/h16H,4-14H2,1-3H3. The smallest absolute Gasteiger partial charge is 0.222 e. The van der Waals surface area contributed by atoms with E-state index in [1.807, 2.05) is 4.90 Å². The van der Waals surface area contributed by atoms with E-state index in [4.69, 9.17) is 4.98 Å². The number of rotatable bonds is 6. The van der Waals surface area contributed by atoms with Crippen LogP contribution >= 0.6 is 0 Å². The van der Waals surface area contributed by atoms with Crippen molar-refractivity contribution in [3.63, 3.8) is 0 Å².